The van der Waals surface area contributed by atoms with Gasteiger partial charge in [-0.05, 0) is 43.8 Å². The van der Waals surface area contributed by atoms with Gasteiger partial charge in [-0.15, -0.1) is 0 Å². The van der Waals surface area contributed by atoms with E-state index in [0.717, 1.165) is 29.1 Å². The topological polar surface area (TPSA) is 21.3 Å². The molecule has 0 spiro atoms. The number of hydrogen-bond donors (Lipinski definition) is 1. The molecule has 0 heterocycles. The highest BCUT2D eigenvalue weighted by atomic mass is 79.9. The molecule has 2 rings (SSSR count). The molecule has 100 valence electrons. The van der Waals surface area contributed by atoms with Crippen molar-refractivity contribution in [3.8, 4) is 11.5 Å². The predicted molar refractivity (Wildman–Crippen MR) is 82.8 cm³/mol. The summed E-state index contributed by atoms with van der Waals surface area (Å²) in [6.07, 6.45) is 0. The first-order valence-corrected chi connectivity index (χ1v) is 7.22. The maximum Gasteiger partial charge on any atom is 0.131 e. The first-order valence-electron chi connectivity index (χ1n) is 6.42. The molecule has 2 nitrogen and oxygen atoms in total. The normalized spacial score (nSPS) is 10.5. The molecule has 0 aliphatic rings. The van der Waals surface area contributed by atoms with Crippen LogP contribution in [0.3, 0.4) is 0 Å². The third-order valence-corrected chi connectivity index (χ3v) is 3.35. The van der Waals surface area contributed by atoms with Crippen LogP contribution in [0.5, 0.6) is 11.5 Å². The molecule has 0 atom stereocenters. The number of benzene rings is 2. The van der Waals surface area contributed by atoms with Crippen molar-refractivity contribution < 1.29 is 4.74 Å². The van der Waals surface area contributed by atoms with E-state index >= 15 is 0 Å². The van der Waals surface area contributed by atoms with E-state index in [1.807, 2.05) is 30.3 Å². The molecule has 0 unspecified atom stereocenters. The van der Waals surface area contributed by atoms with Crippen molar-refractivity contribution in [2.24, 2.45) is 0 Å². The van der Waals surface area contributed by atoms with E-state index in [-0.39, 0.29) is 0 Å². The Hall–Kier alpha value is -1.32. The maximum absolute atomic E-state index is 5.96. The van der Waals surface area contributed by atoms with Crippen LogP contribution in [0.2, 0.25) is 0 Å². The van der Waals surface area contributed by atoms with Crippen LogP contribution in [-0.4, -0.2) is 6.54 Å². The van der Waals surface area contributed by atoms with E-state index in [9.17, 15) is 0 Å². The van der Waals surface area contributed by atoms with Gasteiger partial charge in [0.2, 0.25) is 0 Å². The lowest BCUT2D eigenvalue weighted by atomic mass is 10.1. The minimum atomic E-state index is 0.823. The monoisotopic (exact) mass is 319 g/mol. The summed E-state index contributed by atoms with van der Waals surface area (Å²) in [4.78, 5) is 0. The highest BCUT2D eigenvalue weighted by molar-refractivity contribution is 9.10. The molecular formula is C16H18BrNO. The number of rotatable bonds is 5. The first-order chi connectivity index (χ1) is 9.19. The molecule has 1 N–H and O–H groups in total. The van der Waals surface area contributed by atoms with Crippen molar-refractivity contribution in [2.75, 3.05) is 6.54 Å². The molecule has 0 amide bonds. The third-order valence-electron chi connectivity index (χ3n) is 2.82. The first kappa shape index (κ1) is 14.1. The Morgan fingerprint density at radius 3 is 2.53 bits per heavy atom. The summed E-state index contributed by atoms with van der Waals surface area (Å²) in [6, 6.07) is 14.1. The minimum absolute atomic E-state index is 0.823. The highest BCUT2D eigenvalue weighted by Crippen LogP contribution is 2.27. The van der Waals surface area contributed by atoms with E-state index in [0.29, 0.717) is 0 Å². The fourth-order valence-electron chi connectivity index (χ4n) is 1.84. The van der Waals surface area contributed by atoms with E-state index in [1.165, 1.54) is 11.1 Å². The molecule has 19 heavy (non-hydrogen) atoms. The highest BCUT2D eigenvalue weighted by Gasteiger charge is 2.05. The van der Waals surface area contributed by atoms with Gasteiger partial charge in [0.15, 0.2) is 0 Å². The van der Waals surface area contributed by atoms with Crippen LogP contribution >= 0.6 is 15.9 Å². The summed E-state index contributed by atoms with van der Waals surface area (Å²) in [7, 11) is 0. The van der Waals surface area contributed by atoms with Crippen molar-refractivity contribution in [3.63, 3.8) is 0 Å². The van der Waals surface area contributed by atoms with Crippen molar-refractivity contribution in [2.45, 2.75) is 20.4 Å². The van der Waals surface area contributed by atoms with Crippen LogP contribution in [0, 0.1) is 6.92 Å². The molecule has 2 aromatic carbocycles. The number of ether oxygens (including phenoxy) is 1. The predicted octanol–water partition coefficient (Wildman–Crippen LogP) is 4.66. The standard InChI is InChI=1S/C16H18BrNO/c1-3-18-11-13-10-12(2)4-9-16(13)19-15-7-5-14(17)6-8-15/h4-10,18H,3,11H2,1-2H3. The summed E-state index contributed by atoms with van der Waals surface area (Å²) >= 11 is 3.42. The van der Waals surface area contributed by atoms with Gasteiger partial charge in [0.25, 0.3) is 0 Å². The Morgan fingerprint density at radius 1 is 1.11 bits per heavy atom. The largest absolute Gasteiger partial charge is 0.457 e. The SMILES string of the molecule is CCNCc1cc(C)ccc1Oc1ccc(Br)cc1. The summed E-state index contributed by atoms with van der Waals surface area (Å²) in [5.74, 6) is 1.76. The lowest BCUT2D eigenvalue weighted by molar-refractivity contribution is 0.473. The Balaban J connectivity index is 2.20. The number of hydrogen-bond acceptors (Lipinski definition) is 2. The number of halogens is 1. The van der Waals surface area contributed by atoms with Gasteiger partial charge >= 0.3 is 0 Å². The smallest absolute Gasteiger partial charge is 0.131 e. The molecule has 0 aromatic heterocycles. The molecule has 0 aliphatic carbocycles. The fraction of sp³-hybridized carbons (Fsp3) is 0.250. The average molecular weight is 320 g/mol. The van der Waals surface area contributed by atoms with Gasteiger partial charge in [0.05, 0.1) is 0 Å². The van der Waals surface area contributed by atoms with Gasteiger partial charge in [-0.2, -0.15) is 0 Å². The lowest BCUT2D eigenvalue weighted by Gasteiger charge is -2.12. The van der Waals surface area contributed by atoms with Gasteiger partial charge in [-0.3, -0.25) is 0 Å². The Kier molecular flexibility index (Phi) is 5.00. The quantitative estimate of drug-likeness (QED) is 0.865. The van der Waals surface area contributed by atoms with Crippen LogP contribution in [0.25, 0.3) is 0 Å². The second-order valence-electron chi connectivity index (χ2n) is 4.45. The number of nitrogens with one attached hydrogen (secondary N) is 1. The molecule has 0 saturated carbocycles. The fourth-order valence-corrected chi connectivity index (χ4v) is 2.10. The molecular weight excluding hydrogens is 302 g/mol. The minimum Gasteiger partial charge on any atom is -0.457 e. The van der Waals surface area contributed by atoms with Crippen LogP contribution in [-0.2, 0) is 6.54 Å². The van der Waals surface area contributed by atoms with Crippen LogP contribution in [0.15, 0.2) is 46.9 Å². The van der Waals surface area contributed by atoms with Crippen LogP contribution in [0.4, 0.5) is 0 Å². The van der Waals surface area contributed by atoms with Crippen molar-refractivity contribution in [1.29, 1.82) is 0 Å². The molecule has 0 radical (unpaired) electrons. The van der Waals surface area contributed by atoms with E-state index in [1.54, 1.807) is 0 Å². The molecule has 2 aromatic rings. The zero-order valence-electron chi connectivity index (χ0n) is 11.2. The lowest BCUT2D eigenvalue weighted by Crippen LogP contribution is -2.12. The van der Waals surface area contributed by atoms with Gasteiger partial charge < -0.3 is 10.1 Å². The molecule has 0 fully saturated rings. The molecule has 0 bridgehead atoms. The Morgan fingerprint density at radius 2 is 1.84 bits per heavy atom. The van der Waals surface area contributed by atoms with Crippen molar-refractivity contribution in [3.05, 3.63) is 58.1 Å². The zero-order chi connectivity index (χ0) is 13.7. The Labute approximate surface area is 122 Å². The van der Waals surface area contributed by atoms with Gasteiger partial charge in [-0.25, -0.2) is 0 Å². The van der Waals surface area contributed by atoms with Crippen molar-refractivity contribution in [1.82, 2.24) is 5.32 Å². The summed E-state index contributed by atoms with van der Waals surface area (Å²) < 4.78 is 7.01. The second-order valence-corrected chi connectivity index (χ2v) is 5.36. The maximum atomic E-state index is 5.96. The zero-order valence-corrected chi connectivity index (χ0v) is 12.8. The summed E-state index contributed by atoms with van der Waals surface area (Å²) in [5.41, 5.74) is 2.43. The van der Waals surface area contributed by atoms with Crippen molar-refractivity contribution >= 4 is 15.9 Å². The summed E-state index contributed by atoms with van der Waals surface area (Å²) in [6.45, 7) is 5.97. The molecule has 3 heteroatoms. The van der Waals surface area contributed by atoms with Gasteiger partial charge in [0.1, 0.15) is 11.5 Å². The third kappa shape index (κ3) is 4.08. The van der Waals surface area contributed by atoms with Crippen LogP contribution in [0.1, 0.15) is 18.1 Å². The number of aryl methyl sites for hydroxylation is 1. The average Bonchev–Trinajstić information content (AvgIpc) is 2.41. The molecule has 0 saturated heterocycles. The van der Waals surface area contributed by atoms with Gasteiger partial charge in [0, 0.05) is 16.6 Å². The second kappa shape index (κ2) is 6.73. The van der Waals surface area contributed by atoms with E-state index in [2.05, 4.69) is 47.2 Å². The summed E-state index contributed by atoms with van der Waals surface area (Å²) in [5, 5.41) is 3.34. The Bertz CT molecular complexity index is 537. The van der Waals surface area contributed by atoms with Gasteiger partial charge in [-0.1, -0.05) is 40.5 Å². The van der Waals surface area contributed by atoms with E-state index < -0.39 is 0 Å². The van der Waals surface area contributed by atoms with E-state index in [4.69, 9.17) is 4.74 Å². The molecule has 0 aliphatic heterocycles. The van der Waals surface area contributed by atoms with Crippen LogP contribution < -0.4 is 10.1 Å².